The molecule has 0 aromatic rings. The Morgan fingerprint density at radius 2 is 1.94 bits per heavy atom. The average Bonchev–Trinajstić information content (AvgIpc) is 2.33. The zero-order valence-electron chi connectivity index (χ0n) is 10.1. The van der Waals surface area contributed by atoms with Gasteiger partial charge >= 0.3 is 6.09 Å². The van der Waals surface area contributed by atoms with E-state index >= 15 is 0 Å². The minimum Gasteiger partial charge on any atom is -0.465 e. The molecular weight excluding hydrogens is 224 g/mol. The van der Waals surface area contributed by atoms with Gasteiger partial charge in [-0.2, -0.15) is 0 Å². The summed E-state index contributed by atoms with van der Waals surface area (Å²) in [5.41, 5.74) is 0. The summed E-state index contributed by atoms with van der Waals surface area (Å²) in [6.45, 7) is 4.80. The summed E-state index contributed by atoms with van der Waals surface area (Å²) in [4.78, 5) is 10.1. The molecule has 0 spiro atoms. The number of carbonyl (C=O) groups is 1. The summed E-state index contributed by atoms with van der Waals surface area (Å²) in [6.07, 6.45) is 1.35. The largest absolute Gasteiger partial charge is 0.465 e. The van der Waals surface area contributed by atoms with Gasteiger partial charge in [0.15, 0.2) is 0 Å². The molecule has 1 heterocycles. The van der Waals surface area contributed by atoms with Crippen LogP contribution in [0.2, 0.25) is 0 Å². The molecule has 17 heavy (non-hydrogen) atoms. The minimum atomic E-state index is -1.02. The third-order valence-electron chi connectivity index (χ3n) is 2.71. The van der Waals surface area contributed by atoms with Crippen molar-refractivity contribution < 1.29 is 19.4 Å². The molecule has 1 saturated heterocycles. The molecule has 0 bridgehead atoms. The van der Waals surface area contributed by atoms with Crippen molar-refractivity contribution in [2.45, 2.75) is 12.8 Å². The number of hydrogen-bond acceptors (Lipinski definition) is 4. The first kappa shape index (κ1) is 14.2. The quantitative estimate of drug-likeness (QED) is 0.536. The van der Waals surface area contributed by atoms with Gasteiger partial charge in [-0.05, 0) is 31.8 Å². The molecule has 1 amide bonds. The van der Waals surface area contributed by atoms with Crippen molar-refractivity contribution >= 4 is 6.09 Å². The van der Waals surface area contributed by atoms with Crippen molar-refractivity contribution in [2.24, 2.45) is 5.92 Å². The molecule has 0 saturated carbocycles. The molecule has 0 radical (unpaired) electrons. The van der Waals surface area contributed by atoms with Gasteiger partial charge in [-0.25, -0.2) is 4.79 Å². The van der Waals surface area contributed by atoms with Crippen LogP contribution in [0.15, 0.2) is 0 Å². The fourth-order valence-corrected chi connectivity index (χ4v) is 1.75. The van der Waals surface area contributed by atoms with Crippen LogP contribution < -0.4 is 10.6 Å². The number of nitrogens with one attached hydrogen (secondary N) is 2. The summed E-state index contributed by atoms with van der Waals surface area (Å²) >= 11 is 0. The van der Waals surface area contributed by atoms with E-state index in [1.54, 1.807) is 0 Å². The molecule has 6 heteroatoms. The fourth-order valence-electron chi connectivity index (χ4n) is 1.75. The Morgan fingerprint density at radius 3 is 2.65 bits per heavy atom. The third kappa shape index (κ3) is 7.95. The average molecular weight is 246 g/mol. The third-order valence-corrected chi connectivity index (χ3v) is 2.71. The highest BCUT2D eigenvalue weighted by Crippen LogP contribution is 2.11. The monoisotopic (exact) mass is 246 g/mol. The molecule has 100 valence electrons. The fraction of sp³-hybridized carbons (Fsp3) is 0.909. The normalized spacial score (nSPS) is 16.9. The Morgan fingerprint density at radius 1 is 1.24 bits per heavy atom. The molecular formula is C11H22N2O4. The van der Waals surface area contributed by atoms with Crippen LogP contribution in [0.1, 0.15) is 12.8 Å². The second kappa shape index (κ2) is 9.21. The van der Waals surface area contributed by atoms with Crippen LogP contribution in [-0.2, 0) is 9.47 Å². The number of piperidine rings is 1. The van der Waals surface area contributed by atoms with E-state index in [9.17, 15) is 4.79 Å². The van der Waals surface area contributed by atoms with Crippen molar-refractivity contribution in [1.29, 1.82) is 0 Å². The number of hydrogen-bond donors (Lipinski definition) is 3. The van der Waals surface area contributed by atoms with Gasteiger partial charge in [-0.3, -0.25) is 0 Å². The van der Waals surface area contributed by atoms with Crippen LogP contribution in [0.3, 0.4) is 0 Å². The summed E-state index contributed by atoms with van der Waals surface area (Å²) < 4.78 is 10.7. The number of ether oxygens (including phenoxy) is 2. The number of rotatable bonds is 8. The van der Waals surface area contributed by atoms with Crippen LogP contribution >= 0.6 is 0 Å². The first-order chi connectivity index (χ1) is 8.29. The SMILES string of the molecule is O=C(O)NCCOCCOCC1CCNCC1. The molecule has 1 aliphatic rings. The highest BCUT2D eigenvalue weighted by atomic mass is 16.5. The van der Waals surface area contributed by atoms with Gasteiger partial charge in [0.2, 0.25) is 0 Å². The second-order valence-electron chi connectivity index (χ2n) is 4.11. The lowest BCUT2D eigenvalue weighted by atomic mass is 9.99. The van der Waals surface area contributed by atoms with E-state index in [4.69, 9.17) is 14.6 Å². The molecule has 0 aromatic heterocycles. The molecule has 0 aliphatic carbocycles. The maximum atomic E-state index is 10.1. The summed E-state index contributed by atoms with van der Waals surface area (Å²) in [5.74, 6) is 0.671. The molecule has 0 unspecified atom stereocenters. The molecule has 1 rings (SSSR count). The van der Waals surface area contributed by atoms with Crippen LogP contribution in [0.4, 0.5) is 4.79 Å². The smallest absolute Gasteiger partial charge is 0.404 e. The van der Waals surface area contributed by atoms with Gasteiger partial charge in [0.05, 0.1) is 19.8 Å². The zero-order chi connectivity index (χ0) is 12.3. The van der Waals surface area contributed by atoms with Gasteiger partial charge in [0.1, 0.15) is 0 Å². The van der Waals surface area contributed by atoms with E-state index in [0.717, 1.165) is 19.7 Å². The number of amides is 1. The van der Waals surface area contributed by atoms with E-state index in [-0.39, 0.29) is 0 Å². The van der Waals surface area contributed by atoms with E-state index in [1.807, 2.05) is 0 Å². The van der Waals surface area contributed by atoms with Gasteiger partial charge in [0, 0.05) is 13.2 Å². The lowest BCUT2D eigenvalue weighted by Gasteiger charge is -2.22. The standard InChI is InChI=1S/C11H22N2O4/c14-11(15)13-5-6-16-7-8-17-9-10-1-3-12-4-2-10/h10,12-13H,1-9H2,(H,14,15). The molecule has 1 fully saturated rings. The molecule has 0 aromatic carbocycles. The van der Waals surface area contributed by atoms with E-state index in [2.05, 4.69) is 10.6 Å². The van der Waals surface area contributed by atoms with Crippen molar-refractivity contribution in [3.63, 3.8) is 0 Å². The van der Waals surface area contributed by atoms with Gasteiger partial charge in [-0.15, -0.1) is 0 Å². The maximum Gasteiger partial charge on any atom is 0.404 e. The van der Waals surface area contributed by atoms with Gasteiger partial charge in [-0.1, -0.05) is 0 Å². The molecule has 3 N–H and O–H groups in total. The van der Waals surface area contributed by atoms with Crippen molar-refractivity contribution in [3.05, 3.63) is 0 Å². The van der Waals surface area contributed by atoms with Gasteiger partial charge in [0.25, 0.3) is 0 Å². The Labute approximate surface area is 102 Å². The summed E-state index contributed by atoms with van der Waals surface area (Å²) in [7, 11) is 0. The molecule has 0 atom stereocenters. The minimum absolute atomic E-state index is 0.323. The Bertz CT molecular complexity index is 208. The van der Waals surface area contributed by atoms with E-state index < -0.39 is 6.09 Å². The Balaban J connectivity index is 1.79. The van der Waals surface area contributed by atoms with Crippen LogP contribution in [0.25, 0.3) is 0 Å². The highest BCUT2D eigenvalue weighted by molar-refractivity contribution is 5.64. The maximum absolute atomic E-state index is 10.1. The first-order valence-corrected chi connectivity index (χ1v) is 6.12. The Hall–Kier alpha value is -0.850. The van der Waals surface area contributed by atoms with E-state index in [0.29, 0.717) is 32.3 Å². The summed E-state index contributed by atoms with van der Waals surface area (Å²) in [5, 5.41) is 13.8. The predicted molar refractivity (Wildman–Crippen MR) is 63.3 cm³/mol. The topological polar surface area (TPSA) is 79.8 Å². The lowest BCUT2D eigenvalue weighted by molar-refractivity contribution is 0.0298. The first-order valence-electron chi connectivity index (χ1n) is 6.12. The predicted octanol–water partition coefficient (Wildman–Crippen LogP) is 0.287. The molecule has 1 aliphatic heterocycles. The lowest BCUT2D eigenvalue weighted by Crippen LogP contribution is -2.30. The molecule has 6 nitrogen and oxygen atoms in total. The van der Waals surface area contributed by atoms with Crippen molar-refractivity contribution in [3.8, 4) is 0 Å². The summed E-state index contributed by atoms with van der Waals surface area (Å²) in [6, 6.07) is 0. The van der Waals surface area contributed by atoms with Crippen LogP contribution in [0.5, 0.6) is 0 Å². The van der Waals surface area contributed by atoms with Crippen molar-refractivity contribution in [1.82, 2.24) is 10.6 Å². The number of carboxylic acid groups (broad SMARTS) is 1. The zero-order valence-corrected chi connectivity index (χ0v) is 10.1. The van der Waals surface area contributed by atoms with E-state index in [1.165, 1.54) is 12.8 Å². The van der Waals surface area contributed by atoms with Crippen LogP contribution in [-0.4, -0.2) is 57.3 Å². The Kier molecular flexibility index (Phi) is 7.70. The highest BCUT2D eigenvalue weighted by Gasteiger charge is 2.12. The second-order valence-corrected chi connectivity index (χ2v) is 4.11. The van der Waals surface area contributed by atoms with Crippen LogP contribution in [0, 0.1) is 5.92 Å². The van der Waals surface area contributed by atoms with Gasteiger partial charge < -0.3 is 25.2 Å². The van der Waals surface area contributed by atoms with Crippen molar-refractivity contribution in [2.75, 3.05) is 46.1 Å².